The van der Waals surface area contributed by atoms with Gasteiger partial charge in [0.1, 0.15) is 6.54 Å². The van der Waals surface area contributed by atoms with Gasteiger partial charge in [-0.25, -0.2) is 0 Å². The minimum Gasteiger partial charge on any atom is -0.344 e. The van der Waals surface area contributed by atoms with Crippen LogP contribution < -0.4 is 4.90 Å². The van der Waals surface area contributed by atoms with E-state index in [0.717, 1.165) is 13.1 Å². The number of anilines is 1. The van der Waals surface area contributed by atoms with E-state index in [4.69, 9.17) is 0 Å². The Bertz CT molecular complexity index is 1940. The van der Waals surface area contributed by atoms with Gasteiger partial charge < -0.3 is 4.90 Å². The van der Waals surface area contributed by atoms with E-state index in [2.05, 4.69) is 166 Å². The Morgan fingerprint density at radius 3 is 1.92 bits per heavy atom. The van der Waals surface area contributed by atoms with Crippen molar-refractivity contribution in [2.24, 2.45) is 0 Å². The van der Waals surface area contributed by atoms with E-state index in [-0.39, 0.29) is 10.8 Å². The molecule has 2 nitrogen and oxygen atoms in total. The summed E-state index contributed by atoms with van der Waals surface area (Å²) < 4.78 is 2.60. The normalized spacial score (nSPS) is 17.6. The average Bonchev–Trinajstić information content (AvgIpc) is 3.46. The number of rotatable bonds is 14. The first-order valence-corrected chi connectivity index (χ1v) is 19.0. The summed E-state index contributed by atoms with van der Waals surface area (Å²) in [5.41, 5.74) is 8.32. The molecule has 0 fully saturated rings. The molecule has 0 amide bonds. The highest BCUT2D eigenvalue weighted by molar-refractivity contribution is 6.07. The van der Waals surface area contributed by atoms with Gasteiger partial charge in [0.15, 0.2) is 5.71 Å². The van der Waals surface area contributed by atoms with Crippen molar-refractivity contribution in [1.82, 2.24) is 0 Å². The van der Waals surface area contributed by atoms with Crippen molar-refractivity contribution in [2.45, 2.75) is 104 Å². The van der Waals surface area contributed by atoms with Crippen LogP contribution in [0.2, 0.25) is 0 Å². The molecule has 6 rings (SSSR count). The molecule has 0 radical (unpaired) electrons. The Balaban J connectivity index is 1.25. The summed E-state index contributed by atoms with van der Waals surface area (Å²) in [6.07, 6.45) is 25.9. The summed E-state index contributed by atoms with van der Waals surface area (Å²) >= 11 is 0. The summed E-state index contributed by atoms with van der Waals surface area (Å²) in [5.74, 6) is 0. The van der Waals surface area contributed by atoms with Crippen molar-refractivity contribution in [3.63, 3.8) is 0 Å². The van der Waals surface area contributed by atoms with E-state index in [0.29, 0.717) is 0 Å². The molecular formula is C47H57N2+. The molecule has 2 aliphatic rings. The maximum atomic E-state index is 2.60. The van der Waals surface area contributed by atoms with Gasteiger partial charge in [-0.1, -0.05) is 145 Å². The van der Waals surface area contributed by atoms with Gasteiger partial charge in [-0.2, -0.15) is 4.58 Å². The van der Waals surface area contributed by atoms with E-state index in [9.17, 15) is 0 Å². The van der Waals surface area contributed by atoms with Crippen molar-refractivity contribution < 1.29 is 4.58 Å². The van der Waals surface area contributed by atoms with Crippen LogP contribution in [0.25, 0.3) is 21.5 Å². The Morgan fingerprint density at radius 1 is 0.592 bits per heavy atom. The zero-order valence-electron chi connectivity index (χ0n) is 30.9. The van der Waals surface area contributed by atoms with E-state index >= 15 is 0 Å². The third-order valence-electron chi connectivity index (χ3n) is 10.9. The molecule has 4 aromatic rings. The van der Waals surface area contributed by atoms with Gasteiger partial charge in [-0.15, -0.1) is 0 Å². The summed E-state index contributed by atoms with van der Waals surface area (Å²) in [7, 11) is 0. The quantitative estimate of drug-likeness (QED) is 0.0748. The van der Waals surface area contributed by atoms with Crippen LogP contribution >= 0.6 is 0 Å². The van der Waals surface area contributed by atoms with Crippen LogP contribution in [0.3, 0.4) is 0 Å². The van der Waals surface area contributed by atoms with Gasteiger partial charge >= 0.3 is 0 Å². The maximum Gasteiger partial charge on any atom is 0.210 e. The van der Waals surface area contributed by atoms with Crippen molar-refractivity contribution >= 4 is 38.6 Å². The molecule has 0 N–H and O–H groups in total. The summed E-state index contributed by atoms with van der Waals surface area (Å²) in [6.45, 7) is 16.3. The summed E-state index contributed by atoms with van der Waals surface area (Å²) in [4.78, 5) is 2.60. The van der Waals surface area contributed by atoms with Gasteiger partial charge in [0, 0.05) is 47.5 Å². The molecule has 0 atom stereocenters. The fourth-order valence-corrected chi connectivity index (χ4v) is 8.43. The van der Waals surface area contributed by atoms with Crippen LogP contribution in [0.4, 0.5) is 11.4 Å². The highest BCUT2D eigenvalue weighted by Gasteiger charge is 2.45. The highest BCUT2D eigenvalue weighted by Crippen LogP contribution is 2.51. The Kier molecular flexibility index (Phi) is 10.7. The van der Waals surface area contributed by atoms with E-state index in [1.807, 2.05) is 0 Å². The topological polar surface area (TPSA) is 6.25 Å². The van der Waals surface area contributed by atoms with E-state index in [1.54, 1.807) is 0 Å². The molecule has 0 bridgehead atoms. The first-order valence-electron chi connectivity index (χ1n) is 19.0. The lowest BCUT2D eigenvalue weighted by atomic mass is 9.79. The van der Waals surface area contributed by atoms with Gasteiger partial charge in [0.25, 0.3) is 0 Å². The second-order valence-corrected chi connectivity index (χ2v) is 15.1. The average molecular weight is 650 g/mol. The van der Waals surface area contributed by atoms with Crippen LogP contribution in [0.1, 0.15) is 104 Å². The van der Waals surface area contributed by atoms with Gasteiger partial charge in [-0.3, -0.25) is 0 Å². The number of allylic oxidation sites excluding steroid dienone is 8. The third kappa shape index (κ3) is 6.85. The number of unbranched alkanes of at least 4 members (excludes halogenated alkanes) is 6. The predicted molar refractivity (Wildman–Crippen MR) is 215 cm³/mol. The molecule has 4 aromatic carbocycles. The lowest BCUT2D eigenvalue weighted by Gasteiger charge is -2.27. The molecule has 0 spiro atoms. The van der Waals surface area contributed by atoms with Crippen LogP contribution in [0.5, 0.6) is 0 Å². The van der Waals surface area contributed by atoms with Crippen molar-refractivity contribution in [3.05, 3.63) is 132 Å². The lowest BCUT2D eigenvalue weighted by molar-refractivity contribution is -0.438. The number of fused-ring (bicyclic) bond motifs is 6. The number of benzene rings is 4. The Morgan fingerprint density at radius 2 is 1.20 bits per heavy atom. The van der Waals surface area contributed by atoms with Gasteiger partial charge in [0.2, 0.25) is 5.69 Å². The number of nitrogens with zero attached hydrogens (tertiary/aromatic N) is 2. The van der Waals surface area contributed by atoms with Gasteiger partial charge in [0.05, 0.1) is 5.41 Å². The fourth-order valence-electron chi connectivity index (χ4n) is 8.43. The third-order valence-corrected chi connectivity index (χ3v) is 10.9. The fraction of sp³-hybridized carbons (Fsp3) is 0.383. The monoisotopic (exact) mass is 649 g/mol. The van der Waals surface area contributed by atoms with Crippen molar-refractivity contribution in [2.75, 3.05) is 18.0 Å². The molecule has 254 valence electrons. The maximum absolute atomic E-state index is 2.60. The molecule has 2 heteroatoms. The minimum absolute atomic E-state index is 0.0701. The molecule has 0 saturated carbocycles. The molecule has 0 saturated heterocycles. The highest BCUT2D eigenvalue weighted by atomic mass is 15.2. The largest absolute Gasteiger partial charge is 0.344 e. The first kappa shape index (κ1) is 34.7. The standard InChI is InChI=1S/C47H57N2/c1-7-9-11-22-34-48-40-32-30-36-24-18-20-26-38(36)44(40)46(3,4)42(48)28-16-14-13-15-17-29-43-47(5,6)45-39-27-21-19-25-37(39)31-33-41(45)49(43)35-23-12-10-8-2/h13-21,24-33H,7-12,22-23,34-35H2,1-6H3/q+1. The Hall–Kier alpha value is -4.17. The molecule has 2 aliphatic heterocycles. The number of hydrogen-bond donors (Lipinski definition) is 0. The lowest BCUT2D eigenvalue weighted by Crippen LogP contribution is -2.28. The number of hydrogen-bond acceptors (Lipinski definition) is 1. The summed E-state index contributed by atoms with van der Waals surface area (Å²) in [5, 5.41) is 5.41. The van der Waals surface area contributed by atoms with E-state index in [1.165, 1.54) is 107 Å². The molecule has 0 aliphatic carbocycles. The molecular weight excluding hydrogens is 593 g/mol. The molecule has 2 heterocycles. The van der Waals surface area contributed by atoms with E-state index < -0.39 is 0 Å². The van der Waals surface area contributed by atoms with Crippen molar-refractivity contribution in [3.8, 4) is 0 Å². The van der Waals surface area contributed by atoms with Crippen LogP contribution in [-0.4, -0.2) is 23.4 Å². The predicted octanol–water partition coefficient (Wildman–Crippen LogP) is 12.9. The van der Waals surface area contributed by atoms with Crippen LogP contribution in [0.15, 0.2) is 121 Å². The van der Waals surface area contributed by atoms with Gasteiger partial charge in [-0.05, 0) is 72.0 Å². The zero-order valence-corrected chi connectivity index (χ0v) is 30.9. The van der Waals surface area contributed by atoms with Crippen LogP contribution in [-0.2, 0) is 10.8 Å². The Labute approximate surface area is 296 Å². The smallest absolute Gasteiger partial charge is 0.210 e. The first-order chi connectivity index (χ1) is 23.8. The molecule has 0 aromatic heterocycles. The summed E-state index contributed by atoms with van der Waals surface area (Å²) in [6, 6.07) is 27.1. The van der Waals surface area contributed by atoms with Crippen LogP contribution in [0, 0.1) is 0 Å². The zero-order chi connectivity index (χ0) is 34.4. The second-order valence-electron chi connectivity index (χ2n) is 15.1. The second kappa shape index (κ2) is 15.2. The van der Waals surface area contributed by atoms with Crippen molar-refractivity contribution in [1.29, 1.82) is 0 Å². The SMILES string of the molecule is CCCCCCN1\C(=C/C=C/C=C/C=C/C2=[N+](CCCCCC)c3ccc4ccccc4c3C2(C)C)C(C)(C)c2c1ccc1ccccc21. The minimum atomic E-state index is -0.0701. The molecule has 49 heavy (non-hydrogen) atoms. The molecule has 0 unspecified atom stereocenters.